The summed E-state index contributed by atoms with van der Waals surface area (Å²) in [5.41, 5.74) is 1.71. The SMILES string of the molecule is ClCCc1nncs1. The molecule has 0 aliphatic rings. The van der Waals surface area contributed by atoms with Crippen molar-refractivity contribution in [3.63, 3.8) is 0 Å². The van der Waals surface area contributed by atoms with Crippen LogP contribution >= 0.6 is 22.9 Å². The number of nitrogens with zero attached hydrogens (tertiary/aromatic N) is 2. The molecule has 0 spiro atoms. The molecule has 0 amide bonds. The zero-order chi connectivity index (χ0) is 5.82. The monoisotopic (exact) mass is 148 g/mol. The summed E-state index contributed by atoms with van der Waals surface area (Å²) in [4.78, 5) is 0. The van der Waals surface area contributed by atoms with Crippen LogP contribution in [0.25, 0.3) is 0 Å². The van der Waals surface area contributed by atoms with E-state index in [0.29, 0.717) is 5.88 Å². The van der Waals surface area contributed by atoms with Gasteiger partial charge in [-0.2, -0.15) is 0 Å². The predicted octanol–water partition coefficient (Wildman–Crippen LogP) is 1.32. The van der Waals surface area contributed by atoms with Crippen LogP contribution < -0.4 is 0 Å². The highest BCUT2D eigenvalue weighted by Crippen LogP contribution is 2.01. The lowest BCUT2D eigenvalue weighted by Gasteiger charge is -1.81. The van der Waals surface area contributed by atoms with E-state index in [0.717, 1.165) is 11.4 Å². The van der Waals surface area contributed by atoms with E-state index in [-0.39, 0.29) is 0 Å². The summed E-state index contributed by atoms with van der Waals surface area (Å²) in [6, 6.07) is 0. The van der Waals surface area contributed by atoms with Gasteiger partial charge in [0.05, 0.1) is 0 Å². The summed E-state index contributed by atoms with van der Waals surface area (Å²) in [6.07, 6.45) is 0.840. The van der Waals surface area contributed by atoms with Crippen molar-refractivity contribution in [2.75, 3.05) is 5.88 Å². The van der Waals surface area contributed by atoms with Crippen molar-refractivity contribution in [3.8, 4) is 0 Å². The Hall–Kier alpha value is -0.150. The lowest BCUT2D eigenvalue weighted by molar-refractivity contribution is 0.987. The fraction of sp³-hybridized carbons (Fsp3) is 0.500. The van der Waals surface area contributed by atoms with Crippen molar-refractivity contribution in [2.24, 2.45) is 0 Å². The molecule has 4 heteroatoms. The molecule has 0 saturated heterocycles. The minimum Gasteiger partial charge on any atom is -0.147 e. The van der Waals surface area contributed by atoms with Crippen LogP contribution in [0, 0.1) is 0 Å². The van der Waals surface area contributed by atoms with Gasteiger partial charge >= 0.3 is 0 Å². The molecule has 0 bridgehead atoms. The Kier molecular flexibility index (Phi) is 2.24. The maximum Gasteiger partial charge on any atom is 0.118 e. The normalized spacial score (nSPS) is 9.62. The van der Waals surface area contributed by atoms with E-state index in [1.807, 2.05) is 0 Å². The summed E-state index contributed by atoms with van der Waals surface area (Å²) in [7, 11) is 0. The molecule has 1 aromatic rings. The summed E-state index contributed by atoms with van der Waals surface area (Å²) >= 11 is 6.97. The minimum atomic E-state index is 0.634. The average molecular weight is 149 g/mol. The minimum absolute atomic E-state index is 0.634. The first-order valence-electron chi connectivity index (χ1n) is 2.24. The zero-order valence-electron chi connectivity index (χ0n) is 4.17. The van der Waals surface area contributed by atoms with Gasteiger partial charge in [0, 0.05) is 12.3 Å². The first-order valence-corrected chi connectivity index (χ1v) is 3.66. The number of hydrogen-bond acceptors (Lipinski definition) is 3. The van der Waals surface area contributed by atoms with E-state index in [1.54, 1.807) is 16.8 Å². The van der Waals surface area contributed by atoms with E-state index < -0.39 is 0 Å². The first kappa shape index (κ1) is 5.98. The van der Waals surface area contributed by atoms with Crippen molar-refractivity contribution in [2.45, 2.75) is 6.42 Å². The second-order valence-electron chi connectivity index (χ2n) is 1.27. The smallest absolute Gasteiger partial charge is 0.118 e. The largest absolute Gasteiger partial charge is 0.147 e. The van der Waals surface area contributed by atoms with Gasteiger partial charge in [0.2, 0.25) is 0 Å². The maximum absolute atomic E-state index is 5.43. The molecular formula is C4H5ClN2S. The molecule has 1 rings (SSSR count). The van der Waals surface area contributed by atoms with E-state index in [1.165, 1.54) is 0 Å². The molecule has 44 valence electrons. The summed E-state index contributed by atoms with van der Waals surface area (Å²) in [6.45, 7) is 0. The fourth-order valence-corrected chi connectivity index (χ4v) is 1.21. The molecule has 0 aliphatic carbocycles. The van der Waals surface area contributed by atoms with E-state index in [4.69, 9.17) is 11.6 Å². The molecule has 0 atom stereocenters. The lowest BCUT2D eigenvalue weighted by Crippen LogP contribution is -1.82. The van der Waals surface area contributed by atoms with Crippen LogP contribution in [-0.2, 0) is 6.42 Å². The molecule has 0 unspecified atom stereocenters. The van der Waals surface area contributed by atoms with Crippen LogP contribution in [0.5, 0.6) is 0 Å². The van der Waals surface area contributed by atoms with Crippen LogP contribution in [0.2, 0.25) is 0 Å². The van der Waals surface area contributed by atoms with Crippen LogP contribution in [-0.4, -0.2) is 16.1 Å². The number of hydrogen-bond donors (Lipinski definition) is 0. The van der Waals surface area contributed by atoms with Crippen molar-refractivity contribution in [1.82, 2.24) is 10.2 Å². The number of rotatable bonds is 2. The Labute approximate surface area is 56.5 Å². The third kappa shape index (κ3) is 1.42. The van der Waals surface area contributed by atoms with Crippen LogP contribution in [0.1, 0.15) is 5.01 Å². The Morgan fingerprint density at radius 2 is 2.62 bits per heavy atom. The fourth-order valence-electron chi connectivity index (χ4n) is 0.386. The van der Waals surface area contributed by atoms with Crippen LogP contribution in [0.4, 0.5) is 0 Å². The van der Waals surface area contributed by atoms with Gasteiger partial charge < -0.3 is 0 Å². The first-order chi connectivity index (χ1) is 3.93. The summed E-state index contributed by atoms with van der Waals surface area (Å²) in [5, 5.41) is 8.45. The maximum atomic E-state index is 5.43. The molecule has 8 heavy (non-hydrogen) atoms. The topological polar surface area (TPSA) is 25.8 Å². The molecule has 1 heterocycles. The zero-order valence-corrected chi connectivity index (χ0v) is 5.74. The lowest BCUT2D eigenvalue weighted by atomic mass is 10.5. The van der Waals surface area contributed by atoms with Gasteiger partial charge in [-0.15, -0.1) is 33.1 Å². The highest BCUT2D eigenvalue weighted by atomic mass is 35.5. The quantitative estimate of drug-likeness (QED) is 0.592. The van der Waals surface area contributed by atoms with Crippen LogP contribution in [0.3, 0.4) is 0 Å². The molecule has 2 nitrogen and oxygen atoms in total. The number of aromatic nitrogens is 2. The number of halogens is 1. The molecule has 0 saturated carbocycles. The third-order valence-electron chi connectivity index (χ3n) is 0.714. The standard InChI is InChI=1S/C4H5ClN2S/c5-2-1-4-7-6-3-8-4/h3H,1-2H2. The van der Waals surface area contributed by atoms with Gasteiger partial charge in [0.25, 0.3) is 0 Å². The van der Waals surface area contributed by atoms with Gasteiger partial charge in [-0.05, 0) is 0 Å². The molecule has 0 aromatic carbocycles. The van der Waals surface area contributed by atoms with Gasteiger partial charge in [0.15, 0.2) is 0 Å². The molecule has 0 radical (unpaired) electrons. The molecule has 1 aromatic heterocycles. The Bertz CT molecular complexity index is 140. The number of alkyl halides is 1. The summed E-state index contributed by atoms with van der Waals surface area (Å²) < 4.78 is 0. The number of aryl methyl sites for hydroxylation is 1. The molecule has 0 aliphatic heterocycles. The molecule has 0 N–H and O–H groups in total. The van der Waals surface area contributed by atoms with E-state index in [2.05, 4.69) is 10.2 Å². The van der Waals surface area contributed by atoms with Crippen molar-refractivity contribution >= 4 is 22.9 Å². The second kappa shape index (κ2) is 2.99. The Morgan fingerprint density at radius 1 is 1.75 bits per heavy atom. The highest BCUT2D eigenvalue weighted by molar-refractivity contribution is 7.09. The van der Waals surface area contributed by atoms with Gasteiger partial charge in [-0.3, -0.25) is 0 Å². The van der Waals surface area contributed by atoms with Crippen molar-refractivity contribution < 1.29 is 0 Å². The van der Waals surface area contributed by atoms with Gasteiger partial charge in [0.1, 0.15) is 10.5 Å². The Balaban J connectivity index is 2.50. The van der Waals surface area contributed by atoms with Crippen molar-refractivity contribution in [1.29, 1.82) is 0 Å². The average Bonchev–Trinajstić information content (AvgIpc) is 2.19. The molecular weight excluding hydrogens is 144 g/mol. The van der Waals surface area contributed by atoms with Crippen LogP contribution in [0.15, 0.2) is 5.51 Å². The van der Waals surface area contributed by atoms with E-state index in [9.17, 15) is 0 Å². The van der Waals surface area contributed by atoms with Gasteiger partial charge in [-0.1, -0.05) is 0 Å². The highest BCUT2D eigenvalue weighted by Gasteiger charge is 1.91. The third-order valence-corrected chi connectivity index (χ3v) is 1.66. The van der Waals surface area contributed by atoms with E-state index >= 15 is 0 Å². The van der Waals surface area contributed by atoms with Gasteiger partial charge in [-0.25, -0.2) is 0 Å². The Morgan fingerprint density at radius 3 is 3.12 bits per heavy atom. The van der Waals surface area contributed by atoms with Crippen molar-refractivity contribution in [3.05, 3.63) is 10.5 Å². The summed E-state index contributed by atoms with van der Waals surface area (Å²) in [5.74, 6) is 0.634. The molecule has 0 fully saturated rings. The predicted molar refractivity (Wildman–Crippen MR) is 34.3 cm³/mol. The second-order valence-corrected chi connectivity index (χ2v) is 2.57.